The average Bonchev–Trinajstić information content (AvgIpc) is 3.17. The Hall–Kier alpha value is -2.12. The molecule has 0 spiro atoms. The number of rotatable bonds is 8. The highest BCUT2D eigenvalue weighted by atomic mass is 79.9. The van der Waals surface area contributed by atoms with Gasteiger partial charge in [0, 0.05) is 21.5 Å². The summed E-state index contributed by atoms with van der Waals surface area (Å²) in [6.45, 7) is 0.549. The van der Waals surface area contributed by atoms with Gasteiger partial charge < -0.3 is 5.32 Å². The number of thioether (sulfide) groups is 1. The van der Waals surface area contributed by atoms with Crippen molar-refractivity contribution < 1.29 is 4.79 Å². The largest absolute Gasteiger partial charge is 0.347 e. The van der Waals surface area contributed by atoms with E-state index in [4.69, 9.17) is 0 Å². The third kappa shape index (κ3) is 5.44. The lowest BCUT2D eigenvalue weighted by atomic mass is 10.1. The summed E-state index contributed by atoms with van der Waals surface area (Å²) in [4.78, 5) is 17.6. The Morgan fingerprint density at radius 3 is 2.65 bits per heavy atom. The Kier molecular flexibility index (Phi) is 6.85. The molecule has 1 unspecified atom stereocenters. The summed E-state index contributed by atoms with van der Waals surface area (Å²) in [5.41, 5.74) is 1.05. The second-order valence-electron chi connectivity index (χ2n) is 5.68. The molecule has 1 amide bonds. The van der Waals surface area contributed by atoms with E-state index in [1.54, 1.807) is 22.8 Å². The standard InChI is InChI=1S/C19H19BrN4OS/c20-16-8-4-5-9-18(16)26-11-10-19(25)23-17(12-24-14-21-13-22-24)15-6-2-1-3-7-15/h1-9,13-14,17H,10-12H2,(H,23,25). The fourth-order valence-corrected chi connectivity index (χ4v) is 4.03. The van der Waals surface area contributed by atoms with Crippen molar-refractivity contribution in [3.8, 4) is 0 Å². The molecule has 7 heteroatoms. The lowest BCUT2D eigenvalue weighted by molar-refractivity contribution is -0.121. The molecule has 0 saturated heterocycles. The van der Waals surface area contributed by atoms with Crippen molar-refractivity contribution in [1.29, 1.82) is 0 Å². The summed E-state index contributed by atoms with van der Waals surface area (Å²) < 4.78 is 2.78. The Bertz CT molecular complexity index is 827. The van der Waals surface area contributed by atoms with Crippen molar-refractivity contribution in [1.82, 2.24) is 20.1 Å². The highest BCUT2D eigenvalue weighted by Crippen LogP contribution is 2.27. The van der Waals surface area contributed by atoms with Crippen molar-refractivity contribution in [3.63, 3.8) is 0 Å². The van der Waals surface area contributed by atoms with E-state index in [0.29, 0.717) is 13.0 Å². The van der Waals surface area contributed by atoms with Crippen molar-refractivity contribution in [2.45, 2.75) is 23.9 Å². The van der Waals surface area contributed by atoms with Crippen LogP contribution < -0.4 is 5.32 Å². The van der Waals surface area contributed by atoms with Gasteiger partial charge >= 0.3 is 0 Å². The first kappa shape index (κ1) is 18.7. The maximum absolute atomic E-state index is 12.4. The number of amides is 1. The first-order valence-electron chi connectivity index (χ1n) is 8.26. The molecule has 0 aliphatic heterocycles. The molecule has 0 fully saturated rings. The first-order valence-corrected chi connectivity index (χ1v) is 10.0. The Labute approximate surface area is 165 Å². The summed E-state index contributed by atoms with van der Waals surface area (Å²) in [6.07, 6.45) is 3.61. The lowest BCUT2D eigenvalue weighted by Gasteiger charge is -2.19. The zero-order valence-corrected chi connectivity index (χ0v) is 16.5. The minimum absolute atomic E-state index is 0.0264. The second-order valence-corrected chi connectivity index (χ2v) is 7.67. The van der Waals surface area contributed by atoms with Crippen molar-refractivity contribution in [2.24, 2.45) is 0 Å². The number of carbonyl (C=O) groups excluding carboxylic acids is 1. The third-order valence-corrected chi connectivity index (χ3v) is 5.83. The van der Waals surface area contributed by atoms with Gasteiger partial charge in [0.2, 0.25) is 5.91 Å². The number of carbonyl (C=O) groups is 1. The van der Waals surface area contributed by atoms with Crippen molar-refractivity contribution in [2.75, 3.05) is 5.75 Å². The van der Waals surface area contributed by atoms with E-state index in [1.165, 1.54) is 6.33 Å². The zero-order valence-electron chi connectivity index (χ0n) is 14.1. The number of hydrogen-bond donors (Lipinski definition) is 1. The van der Waals surface area contributed by atoms with E-state index in [9.17, 15) is 4.79 Å². The van der Waals surface area contributed by atoms with Crippen molar-refractivity contribution >= 4 is 33.6 Å². The van der Waals surface area contributed by atoms with Gasteiger partial charge in [0.05, 0.1) is 12.6 Å². The minimum atomic E-state index is -0.140. The molecule has 1 N–H and O–H groups in total. The molecule has 1 aromatic heterocycles. The van der Waals surface area contributed by atoms with Crippen LogP contribution in [0, 0.1) is 0 Å². The van der Waals surface area contributed by atoms with E-state index < -0.39 is 0 Å². The van der Waals surface area contributed by atoms with E-state index in [-0.39, 0.29) is 11.9 Å². The summed E-state index contributed by atoms with van der Waals surface area (Å²) in [5.74, 6) is 0.748. The predicted octanol–water partition coefficient (Wildman–Crippen LogP) is 4.08. The fourth-order valence-electron chi connectivity index (χ4n) is 2.52. The summed E-state index contributed by atoms with van der Waals surface area (Å²) in [7, 11) is 0. The van der Waals surface area contributed by atoms with Gasteiger partial charge in [-0.05, 0) is 33.6 Å². The Morgan fingerprint density at radius 2 is 1.92 bits per heavy atom. The molecule has 0 aliphatic carbocycles. The van der Waals surface area contributed by atoms with Gasteiger partial charge in [0.15, 0.2) is 0 Å². The molecule has 0 radical (unpaired) electrons. The zero-order chi connectivity index (χ0) is 18.2. The number of hydrogen-bond acceptors (Lipinski definition) is 4. The highest BCUT2D eigenvalue weighted by molar-refractivity contribution is 9.10. The fraction of sp³-hybridized carbons (Fsp3) is 0.211. The Balaban J connectivity index is 1.57. The number of benzene rings is 2. The molecule has 0 bridgehead atoms. The molecule has 0 aliphatic rings. The summed E-state index contributed by atoms with van der Waals surface area (Å²) >= 11 is 5.20. The number of aromatic nitrogens is 3. The SMILES string of the molecule is O=C(CCSc1ccccc1Br)NC(Cn1cncn1)c1ccccc1. The quantitative estimate of drug-likeness (QED) is 0.546. The smallest absolute Gasteiger partial charge is 0.221 e. The van der Waals surface area contributed by atoms with E-state index in [2.05, 4.69) is 31.3 Å². The van der Waals surface area contributed by atoms with Crippen LogP contribution in [0.5, 0.6) is 0 Å². The molecule has 5 nitrogen and oxygen atoms in total. The molecule has 26 heavy (non-hydrogen) atoms. The monoisotopic (exact) mass is 430 g/mol. The van der Waals surface area contributed by atoms with Crippen LogP contribution in [0.2, 0.25) is 0 Å². The number of nitrogens with zero attached hydrogens (tertiary/aromatic N) is 3. The van der Waals surface area contributed by atoms with Gasteiger partial charge in [-0.15, -0.1) is 11.8 Å². The normalized spacial score (nSPS) is 11.9. The van der Waals surface area contributed by atoms with Gasteiger partial charge in [-0.2, -0.15) is 5.10 Å². The lowest BCUT2D eigenvalue weighted by Crippen LogP contribution is -2.31. The molecule has 1 atom stereocenters. The summed E-state index contributed by atoms with van der Waals surface area (Å²) in [5, 5.41) is 7.27. The van der Waals surface area contributed by atoms with Crippen LogP contribution in [0.1, 0.15) is 18.0 Å². The van der Waals surface area contributed by atoms with E-state index in [1.807, 2.05) is 54.6 Å². The van der Waals surface area contributed by atoms with Gasteiger partial charge in [-0.3, -0.25) is 9.48 Å². The predicted molar refractivity (Wildman–Crippen MR) is 107 cm³/mol. The second kappa shape index (κ2) is 9.54. The molecule has 0 saturated carbocycles. The Morgan fingerprint density at radius 1 is 1.15 bits per heavy atom. The average molecular weight is 431 g/mol. The van der Waals surface area contributed by atoms with Crippen LogP contribution in [0.25, 0.3) is 0 Å². The van der Waals surface area contributed by atoms with Crippen molar-refractivity contribution in [3.05, 3.63) is 77.3 Å². The van der Waals surface area contributed by atoms with Crippen LogP contribution in [0.15, 0.2) is 76.6 Å². The molecule has 3 aromatic rings. The molecule has 3 rings (SSSR count). The number of nitrogens with one attached hydrogen (secondary N) is 1. The molecule has 1 heterocycles. The topological polar surface area (TPSA) is 59.8 Å². The van der Waals surface area contributed by atoms with Crippen LogP contribution in [0.3, 0.4) is 0 Å². The van der Waals surface area contributed by atoms with E-state index in [0.717, 1.165) is 20.7 Å². The van der Waals surface area contributed by atoms with Crippen LogP contribution >= 0.6 is 27.7 Å². The van der Waals surface area contributed by atoms with Gasteiger partial charge in [0.25, 0.3) is 0 Å². The molecular formula is C19H19BrN4OS. The molecule has 2 aromatic carbocycles. The maximum atomic E-state index is 12.4. The van der Waals surface area contributed by atoms with Gasteiger partial charge in [-0.1, -0.05) is 42.5 Å². The van der Waals surface area contributed by atoms with Gasteiger partial charge in [-0.25, -0.2) is 4.98 Å². The van der Waals surface area contributed by atoms with Crippen LogP contribution in [0.4, 0.5) is 0 Å². The molecular weight excluding hydrogens is 412 g/mol. The third-order valence-electron chi connectivity index (χ3n) is 3.80. The van der Waals surface area contributed by atoms with Gasteiger partial charge in [0.1, 0.15) is 12.7 Å². The first-order chi connectivity index (χ1) is 12.7. The number of halogens is 1. The maximum Gasteiger partial charge on any atom is 0.221 e. The molecule has 134 valence electrons. The van der Waals surface area contributed by atoms with Crippen LogP contribution in [-0.4, -0.2) is 26.4 Å². The van der Waals surface area contributed by atoms with E-state index >= 15 is 0 Å². The summed E-state index contributed by atoms with van der Waals surface area (Å²) in [6, 6.07) is 17.8. The van der Waals surface area contributed by atoms with Crippen LogP contribution in [-0.2, 0) is 11.3 Å². The highest BCUT2D eigenvalue weighted by Gasteiger charge is 2.15. The minimum Gasteiger partial charge on any atom is -0.347 e.